The molecule has 2 rings (SSSR count). The molecule has 6 nitrogen and oxygen atoms in total. The summed E-state index contributed by atoms with van der Waals surface area (Å²) in [4.78, 5) is 22.5. The number of allylic oxidation sites excluding steroid dienone is 1. The van der Waals surface area contributed by atoms with Crippen LogP contribution in [0, 0.1) is 47.4 Å². The van der Waals surface area contributed by atoms with E-state index in [1.807, 2.05) is 19.9 Å². The molecule has 0 aliphatic heterocycles. The van der Waals surface area contributed by atoms with Crippen LogP contribution < -0.4 is 0 Å². The van der Waals surface area contributed by atoms with E-state index in [0.29, 0.717) is 18.8 Å². The first-order valence-corrected chi connectivity index (χ1v) is 11.2. The van der Waals surface area contributed by atoms with E-state index in [4.69, 9.17) is 14.6 Å². The van der Waals surface area contributed by atoms with Crippen molar-refractivity contribution in [3.8, 4) is 23.7 Å². The first kappa shape index (κ1) is 25.0. The van der Waals surface area contributed by atoms with Gasteiger partial charge in [-0.1, -0.05) is 44.3 Å². The van der Waals surface area contributed by atoms with Gasteiger partial charge in [0.15, 0.2) is 0 Å². The van der Waals surface area contributed by atoms with Crippen molar-refractivity contribution in [2.45, 2.75) is 71.5 Å². The van der Waals surface area contributed by atoms with Crippen LogP contribution in [0.3, 0.4) is 0 Å². The molecule has 0 amide bonds. The summed E-state index contributed by atoms with van der Waals surface area (Å²) in [5, 5.41) is 19.1. The number of aliphatic hydroxyl groups excluding tert-OH is 1. The van der Waals surface area contributed by atoms with Crippen LogP contribution in [0.5, 0.6) is 0 Å². The summed E-state index contributed by atoms with van der Waals surface area (Å²) in [7, 11) is 0. The maximum absolute atomic E-state index is 11.9. The van der Waals surface area contributed by atoms with Gasteiger partial charge >= 0.3 is 11.9 Å². The minimum Gasteiger partial charge on any atom is -0.480 e. The summed E-state index contributed by atoms with van der Waals surface area (Å²) in [6.45, 7) is 5.67. The molecule has 0 aromatic rings. The van der Waals surface area contributed by atoms with Gasteiger partial charge in [0.05, 0.1) is 12.5 Å². The Bertz CT molecular complexity index is 777. The van der Waals surface area contributed by atoms with Crippen molar-refractivity contribution in [3.63, 3.8) is 0 Å². The zero-order chi connectivity index (χ0) is 22.8. The van der Waals surface area contributed by atoms with Crippen molar-refractivity contribution in [1.82, 2.24) is 0 Å². The molecule has 0 unspecified atom stereocenters. The molecule has 0 bridgehead atoms. The first-order valence-electron chi connectivity index (χ1n) is 11.2. The molecule has 0 aromatic heterocycles. The third-order valence-corrected chi connectivity index (χ3v) is 5.97. The molecule has 0 radical (unpaired) electrons. The molecule has 2 aliphatic rings. The number of carboxylic acids is 1. The van der Waals surface area contributed by atoms with Gasteiger partial charge in [0.25, 0.3) is 0 Å². The topological polar surface area (TPSA) is 93.1 Å². The van der Waals surface area contributed by atoms with Gasteiger partial charge in [-0.2, -0.15) is 0 Å². The smallest absolute Gasteiger partial charge is 0.329 e. The van der Waals surface area contributed by atoms with Crippen molar-refractivity contribution >= 4 is 11.9 Å². The van der Waals surface area contributed by atoms with Gasteiger partial charge in [0.1, 0.15) is 18.8 Å². The molecule has 0 aromatic carbocycles. The Kier molecular flexibility index (Phi) is 10.1. The average molecular weight is 431 g/mol. The van der Waals surface area contributed by atoms with Crippen LogP contribution in [0.1, 0.15) is 59.3 Å². The van der Waals surface area contributed by atoms with Gasteiger partial charge in [0.2, 0.25) is 0 Å². The number of aliphatic carboxylic acids is 1. The fourth-order valence-electron chi connectivity index (χ4n) is 4.30. The van der Waals surface area contributed by atoms with Crippen LogP contribution in [-0.4, -0.2) is 47.6 Å². The van der Waals surface area contributed by atoms with E-state index in [1.165, 1.54) is 5.57 Å². The molecule has 170 valence electrons. The van der Waals surface area contributed by atoms with Gasteiger partial charge in [0, 0.05) is 25.2 Å². The molecular weight excluding hydrogens is 396 g/mol. The lowest BCUT2D eigenvalue weighted by Crippen LogP contribution is -2.25. The minimum atomic E-state index is -0.980. The fourth-order valence-corrected chi connectivity index (χ4v) is 4.30. The summed E-state index contributed by atoms with van der Waals surface area (Å²) in [5.74, 6) is 11.6. The van der Waals surface area contributed by atoms with Crippen molar-refractivity contribution in [2.24, 2.45) is 23.7 Å². The second-order valence-corrected chi connectivity index (χ2v) is 8.37. The molecule has 6 heteroatoms. The van der Waals surface area contributed by atoms with Crippen molar-refractivity contribution in [3.05, 3.63) is 11.6 Å². The third kappa shape index (κ3) is 7.73. The molecule has 31 heavy (non-hydrogen) atoms. The molecule has 6 atom stereocenters. The number of carbonyl (C=O) groups excluding carboxylic acids is 1. The van der Waals surface area contributed by atoms with E-state index in [-0.39, 0.29) is 43.0 Å². The molecular formula is C25H34O6. The van der Waals surface area contributed by atoms with E-state index >= 15 is 0 Å². The summed E-state index contributed by atoms with van der Waals surface area (Å²) in [5.41, 5.74) is 1.23. The van der Waals surface area contributed by atoms with E-state index in [2.05, 4.69) is 23.7 Å². The second kappa shape index (κ2) is 12.5. The van der Waals surface area contributed by atoms with E-state index in [0.717, 1.165) is 25.7 Å². The minimum absolute atomic E-state index is 0.0502. The van der Waals surface area contributed by atoms with E-state index < -0.39 is 12.1 Å². The summed E-state index contributed by atoms with van der Waals surface area (Å²) in [6, 6.07) is 0. The van der Waals surface area contributed by atoms with Crippen LogP contribution in [0.15, 0.2) is 11.6 Å². The fraction of sp³-hybridized carbons (Fsp3) is 0.680. The van der Waals surface area contributed by atoms with E-state index in [9.17, 15) is 14.7 Å². The van der Waals surface area contributed by atoms with Crippen molar-refractivity contribution in [2.75, 3.05) is 13.2 Å². The van der Waals surface area contributed by atoms with Gasteiger partial charge in [-0.15, -0.1) is 11.8 Å². The zero-order valence-corrected chi connectivity index (χ0v) is 18.7. The number of carboxylic acid groups (broad SMARTS) is 1. The average Bonchev–Trinajstić information content (AvgIpc) is 3.26. The van der Waals surface area contributed by atoms with Crippen LogP contribution in [0.4, 0.5) is 0 Å². The third-order valence-electron chi connectivity index (χ3n) is 5.97. The number of carbonyl (C=O) groups is 2. The number of hydrogen-bond donors (Lipinski definition) is 2. The second-order valence-electron chi connectivity index (χ2n) is 8.37. The maximum Gasteiger partial charge on any atom is 0.329 e. The Morgan fingerprint density at radius 3 is 2.71 bits per heavy atom. The monoisotopic (exact) mass is 430 g/mol. The largest absolute Gasteiger partial charge is 0.480 e. The van der Waals surface area contributed by atoms with Gasteiger partial charge < -0.3 is 19.7 Å². The SMILES string of the molecule is CCC#CC[C@H](C)[C@H](O)C#C[C@@H]1[C@H]2C/C(=C/COCC(=O)O)C[C@H]2C[C@H]1OC(=O)CC. The molecule has 2 N–H and O–H groups in total. The molecule has 0 heterocycles. The normalized spacial score (nSPS) is 27.4. The number of esters is 1. The number of rotatable bonds is 8. The highest BCUT2D eigenvalue weighted by Gasteiger charge is 2.47. The molecule has 2 fully saturated rings. The quantitative estimate of drug-likeness (QED) is 0.266. The summed E-state index contributed by atoms with van der Waals surface area (Å²) < 4.78 is 10.8. The van der Waals surface area contributed by atoms with Crippen molar-refractivity contribution < 1.29 is 29.3 Å². The Morgan fingerprint density at radius 2 is 2.03 bits per heavy atom. The lowest BCUT2D eigenvalue weighted by atomic mass is 9.90. The number of aliphatic hydroxyl groups is 1. The highest BCUT2D eigenvalue weighted by Crippen LogP contribution is 2.50. The number of ether oxygens (including phenoxy) is 2. The first-order chi connectivity index (χ1) is 14.8. The molecule has 2 saturated carbocycles. The van der Waals surface area contributed by atoms with Crippen LogP contribution in [-0.2, 0) is 19.1 Å². The zero-order valence-electron chi connectivity index (χ0n) is 18.7. The predicted octanol–water partition coefficient (Wildman–Crippen LogP) is 3.19. The predicted molar refractivity (Wildman–Crippen MR) is 117 cm³/mol. The number of fused-ring (bicyclic) bond motifs is 1. The van der Waals surface area contributed by atoms with Gasteiger partial charge in [-0.05, 0) is 31.1 Å². The number of hydrogen-bond acceptors (Lipinski definition) is 5. The molecule has 0 spiro atoms. The van der Waals surface area contributed by atoms with Gasteiger partial charge in [-0.3, -0.25) is 4.79 Å². The van der Waals surface area contributed by atoms with Crippen LogP contribution in [0.2, 0.25) is 0 Å². The van der Waals surface area contributed by atoms with Crippen LogP contribution in [0.25, 0.3) is 0 Å². The molecule has 0 saturated heterocycles. The Morgan fingerprint density at radius 1 is 1.26 bits per heavy atom. The Balaban J connectivity index is 2.06. The standard InChI is InChI=1S/C25H34O6/c1-4-6-7-8-17(3)22(26)10-9-20-21-14-18(11-12-30-16-24(27)28)13-19(21)15-23(20)31-25(29)5-2/h11,17,19-23,26H,4-5,8,12-16H2,1-3H3,(H,27,28)/b18-11+/t17-,19-,20+,21-,22+,23+/m0/s1. The molecule has 2 aliphatic carbocycles. The lowest BCUT2D eigenvalue weighted by molar-refractivity contribution is -0.149. The Labute approximate surface area is 185 Å². The maximum atomic E-state index is 11.9. The summed E-state index contributed by atoms with van der Waals surface area (Å²) >= 11 is 0. The van der Waals surface area contributed by atoms with Crippen LogP contribution >= 0.6 is 0 Å². The van der Waals surface area contributed by atoms with E-state index in [1.54, 1.807) is 6.92 Å². The van der Waals surface area contributed by atoms with Gasteiger partial charge in [-0.25, -0.2) is 4.79 Å². The highest BCUT2D eigenvalue weighted by atomic mass is 16.5. The Hall–Kier alpha value is -2.28. The van der Waals surface area contributed by atoms with Crippen molar-refractivity contribution in [1.29, 1.82) is 0 Å². The summed E-state index contributed by atoms with van der Waals surface area (Å²) in [6.07, 6.45) is 5.13. The lowest BCUT2D eigenvalue weighted by Gasteiger charge is -2.20. The highest BCUT2D eigenvalue weighted by molar-refractivity contribution is 5.69.